The van der Waals surface area contributed by atoms with Crippen LogP contribution in [0.2, 0.25) is 0 Å². The Labute approximate surface area is 273 Å². The first-order valence-corrected chi connectivity index (χ1v) is 15.6. The van der Waals surface area contributed by atoms with E-state index in [0.29, 0.717) is 0 Å². The first kappa shape index (κ1) is 28.3. The van der Waals surface area contributed by atoms with Crippen molar-refractivity contribution in [1.82, 2.24) is 19.3 Å². The third-order valence-corrected chi connectivity index (χ3v) is 8.45. The highest BCUT2D eigenvalue weighted by molar-refractivity contribution is 6.09. The molecule has 6 heteroatoms. The monoisotopic (exact) mass is 612 g/mol. The second kappa shape index (κ2) is 11.7. The number of hydrogen-bond acceptors (Lipinski definition) is 4. The Morgan fingerprint density at radius 1 is 0.574 bits per heavy atom. The lowest BCUT2D eigenvalue weighted by molar-refractivity contribution is 0.482. The standard InChI is InChI=1S/C41H32N4O2/c1-27-18-19-42-40(20-27)45-38-15-8-7-14-36(38)37-17-16-34(24-39(37)45)47-33-13-9-10-31(23-33)44-26-30(25-43-44)41-28(2)21-35(22-29(41)3)46-32-11-5-4-6-12-32/h4-26H,1-3H3. The summed E-state index contributed by atoms with van der Waals surface area (Å²) in [6, 6.07) is 40.8. The van der Waals surface area contributed by atoms with Gasteiger partial charge in [-0.05, 0) is 110 Å². The topological polar surface area (TPSA) is 54.1 Å². The van der Waals surface area contributed by atoms with Gasteiger partial charge in [-0.2, -0.15) is 5.10 Å². The molecule has 0 amide bonds. The lowest BCUT2D eigenvalue weighted by atomic mass is 9.98. The van der Waals surface area contributed by atoms with E-state index in [1.165, 1.54) is 5.39 Å². The molecule has 0 aliphatic heterocycles. The second-order valence-corrected chi connectivity index (χ2v) is 11.8. The van der Waals surface area contributed by atoms with Crippen molar-refractivity contribution >= 4 is 21.8 Å². The van der Waals surface area contributed by atoms with Gasteiger partial charge in [0, 0.05) is 40.9 Å². The van der Waals surface area contributed by atoms with Crippen LogP contribution in [-0.2, 0) is 0 Å². The van der Waals surface area contributed by atoms with Crippen molar-refractivity contribution in [2.45, 2.75) is 20.8 Å². The summed E-state index contributed by atoms with van der Waals surface area (Å²) in [5, 5.41) is 7.05. The molecule has 0 aliphatic rings. The molecule has 3 heterocycles. The molecule has 0 saturated carbocycles. The van der Waals surface area contributed by atoms with Gasteiger partial charge in [0.15, 0.2) is 0 Å². The van der Waals surface area contributed by atoms with Gasteiger partial charge in [-0.15, -0.1) is 0 Å². The van der Waals surface area contributed by atoms with Crippen molar-refractivity contribution in [2.75, 3.05) is 0 Å². The predicted molar refractivity (Wildman–Crippen MR) is 188 cm³/mol. The van der Waals surface area contributed by atoms with Crippen molar-refractivity contribution in [3.63, 3.8) is 0 Å². The molecule has 6 nitrogen and oxygen atoms in total. The smallest absolute Gasteiger partial charge is 0.137 e. The average Bonchev–Trinajstić information content (AvgIpc) is 3.68. The molecule has 0 bridgehead atoms. The number of aryl methyl sites for hydroxylation is 3. The Bertz CT molecular complexity index is 2380. The van der Waals surface area contributed by atoms with Crippen LogP contribution in [0.5, 0.6) is 23.0 Å². The van der Waals surface area contributed by atoms with Gasteiger partial charge in [-0.3, -0.25) is 4.57 Å². The van der Waals surface area contributed by atoms with Crippen LogP contribution < -0.4 is 9.47 Å². The second-order valence-electron chi connectivity index (χ2n) is 11.8. The van der Waals surface area contributed by atoms with E-state index in [0.717, 1.165) is 78.7 Å². The Morgan fingerprint density at radius 2 is 1.30 bits per heavy atom. The molecule has 228 valence electrons. The molecule has 0 radical (unpaired) electrons. The van der Waals surface area contributed by atoms with Gasteiger partial charge in [0.05, 0.1) is 22.9 Å². The fourth-order valence-corrected chi connectivity index (χ4v) is 6.38. The molecule has 0 aliphatic carbocycles. The Hall–Kier alpha value is -6.14. The fourth-order valence-electron chi connectivity index (χ4n) is 6.38. The van der Waals surface area contributed by atoms with Gasteiger partial charge in [0.1, 0.15) is 28.8 Å². The molecule has 8 aromatic rings. The van der Waals surface area contributed by atoms with E-state index in [4.69, 9.17) is 19.6 Å². The third-order valence-electron chi connectivity index (χ3n) is 8.45. The van der Waals surface area contributed by atoms with Gasteiger partial charge in [-0.25, -0.2) is 9.67 Å². The zero-order valence-electron chi connectivity index (χ0n) is 26.4. The molecular weight excluding hydrogens is 580 g/mol. The van der Waals surface area contributed by atoms with E-state index in [1.807, 2.05) is 83.8 Å². The predicted octanol–water partition coefficient (Wildman–Crippen LogP) is 10.5. The van der Waals surface area contributed by atoms with Crippen molar-refractivity contribution in [3.05, 3.63) is 157 Å². The largest absolute Gasteiger partial charge is 0.457 e. The number of hydrogen-bond donors (Lipinski definition) is 0. The lowest BCUT2D eigenvalue weighted by Gasteiger charge is -2.12. The van der Waals surface area contributed by atoms with E-state index in [-0.39, 0.29) is 0 Å². The quantitative estimate of drug-likeness (QED) is 0.180. The molecule has 0 saturated heterocycles. The minimum absolute atomic E-state index is 0.727. The van der Waals surface area contributed by atoms with Crippen LogP contribution in [0.3, 0.4) is 0 Å². The van der Waals surface area contributed by atoms with Crippen molar-refractivity contribution < 1.29 is 9.47 Å². The van der Waals surface area contributed by atoms with Crippen molar-refractivity contribution in [3.8, 4) is 45.6 Å². The van der Waals surface area contributed by atoms with Gasteiger partial charge in [0.2, 0.25) is 0 Å². The van der Waals surface area contributed by atoms with Gasteiger partial charge < -0.3 is 9.47 Å². The summed E-state index contributed by atoms with van der Waals surface area (Å²) in [7, 11) is 0. The van der Waals surface area contributed by atoms with E-state index in [9.17, 15) is 0 Å². The molecule has 0 spiro atoms. The molecule has 0 fully saturated rings. The number of para-hydroxylation sites is 2. The van der Waals surface area contributed by atoms with E-state index >= 15 is 0 Å². The van der Waals surface area contributed by atoms with Gasteiger partial charge in [-0.1, -0.05) is 42.5 Å². The van der Waals surface area contributed by atoms with E-state index < -0.39 is 0 Å². The van der Waals surface area contributed by atoms with Gasteiger partial charge >= 0.3 is 0 Å². The molecule has 8 rings (SSSR count). The zero-order chi connectivity index (χ0) is 31.9. The first-order valence-electron chi connectivity index (χ1n) is 15.6. The van der Waals surface area contributed by atoms with Crippen LogP contribution in [0.15, 0.2) is 140 Å². The number of fused-ring (bicyclic) bond motifs is 3. The molecule has 3 aromatic heterocycles. The highest BCUT2D eigenvalue weighted by Gasteiger charge is 2.15. The van der Waals surface area contributed by atoms with Gasteiger partial charge in [0.25, 0.3) is 0 Å². The number of nitrogens with zero attached hydrogens (tertiary/aromatic N) is 4. The number of pyridine rings is 1. The fraction of sp³-hybridized carbons (Fsp3) is 0.0732. The zero-order valence-corrected chi connectivity index (χ0v) is 26.4. The number of aromatic nitrogens is 4. The molecule has 0 N–H and O–H groups in total. The van der Waals surface area contributed by atoms with Crippen LogP contribution in [0.4, 0.5) is 0 Å². The molecule has 47 heavy (non-hydrogen) atoms. The maximum absolute atomic E-state index is 6.46. The summed E-state index contributed by atoms with van der Waals surface area (Å²) in [6.07, 6.45) is 5.83. The summed E-state index contributed by atoms with van der Waals surface area (Å²) in [5.74, 6) is 4.00. The number of benzene rings is 5. The van der Waals surface area contributed by atoms with Crippen molar-refractivity contribution in [1.29, 1.82) is 0 Å². The SMILES string of the molecule is Cc1ccnc(-n2c3ccccc3c3ccc(Oc4cccc(-n5cc(-c6c(C)cc(Oc7ccccc7)cc6C)cn5)c4)cc32)c1. The summed E-state index contributed by atoms with van der Waals surface area (Å²) in [5.41, 5.74) is 8.66. The summed E-state index contributed by atoms with van der Waals surface area (Å²) in [6.45, 7) is 6.30. The average molecular weight is 613 g/mol. The molecule has 0 unspecified atom stereocenters. The Morgan fingerprint density at radius 3 is 2.13 bits per heavy atom. The van der Waals surface area contributed by atoms with Crippen LogP contribution in [-0.4, -0.2) is 19.3 Å². The molecule has 0 atom stereocenters. The van der Waals surface area contributed by atoms with Crippen LogP contribution >= 0.6 is 0 Å². The Balaban J connectivity index is 1.09. The summed E-state index contributed by atoms with van der Waals surface area (Å²) < 4.78 is 16.7. The highest BCUT2D eigenvalue weighted by atomic mass is 16.5. The maximum atomic E-state index is 6.46. The normalized spacial score (nSPS) is 11.3. The maximum Gasteiger partial charge on any atom is 0.137 e. The minimum atomic E-state index is 0.727. The third kappa shape index (κ3) is 5.40. The van der Waals surface area contributed by atoms with Crippen molar-refractivity contribution in [2.24, 2.45) is 0 Å². The minimum Gasteiger partial charge on any atom is -0.457 e. The molecule has 5 aromatic carbocycles. The highest BCUT2D eigenvalue weighted by Crippen LogP contribution is 2.36. The number of rotatable bonds is 7. The van der Waals surface area contributed by atoms with Crippen LogP contribution in [0.1, 0.15) is 16.7 Å². The first-order chi connectivity index (χ1) is 23.0. The lowest BCUT2D eigenvalue weighted by Crippen LogP contribution is -1.97. The summed E-state index contributed by atoms with van der Waals surface area (Å²) in [4.78, 5) is 4.70. The Kier molecular flexibility index (Phi) is 7.03. The van der Waals surface area contributed by atoms with E-state index in [2.05, 4.69) is 86.1 Å². The van der Waals surface area contributed by atoms with Crippen LogP contribution in [0.25, 0.3) is 44.4 Å². The number of ether oxygens (including phenoxy) is 2. The van der Waals surface area contributed by atoms with E-state index in [1.54, 1.807) is 0 Å². The van der Waals surface area contributed by atoms with Crippen LogP contribution in [0, 0.1) is 20.8 Å². The molecular formula is C41H32N4O2. The summed E-state index contributed by atoms with van der Waals surface area (Å²) >= 11 is 0.